The van der Waals surface area contributed by atoms with E-state index < -0.39 is 23.4 Å². The van der Waals surface area contributed by atoms with Gasteiger partial charge < -0.3 is 10.1 Å². The quantitative estimate of drug-likeness (QED) is 0.853. The van der Waals surface area contributed by atoms with Gasteiger partial charge in [0.15, 0.2) is 0 Å². The van der Waals surface area contributed by atoms with E-state index in [1.54, 1.807) is 27.7 Å². The molecular weight excluding hydrogens is 247 g/mol. The van der Waals surface area contributed by atoms with Crippen molar-refractivity contribution in [3.63, 3.8) is 0 Å². The van der Waals surface area contributed by atoms with Crippen LogP contribution >= 0.6 is 0 Å². The first-order valence-electron chi connectivity index (χ1n) is 5.92. The fourth-order valence-electron chi connectivity index (χ4n) is 1.42. The lowest BCUT2D eigenvalue weighted by molar-refractivity contribution is -0.155. The minimum Gasteiger partial charge on any atom is -0.458 e. The van der Waals surface area contributed by atoms with E-state index in [0.717, 1.165) is 6.07 Å². The average molecular weight is 264 g/mol. The maximum atomic E-state index is 13.0. The Hall–Kier alpha value is -2.09. The van der Waals surface area contributed by atoms with Crippen LogP contribution in [0.2, 0.25) is 0 Å². The van der Waals surface area contributed by atoms with Gasteiger partial charge in [0.1, 0.15) is 23.5 Å². The number of ether oxygens (including phenoxy) is 1. The summed E-state index contributed by atoms with van der Waals surface area (Å²) >= 11 is 0. The first-order chi connectivity index (χ1) is 8.73. The summed E-state index contributed by atoms with van der Waals surface area (Å²) in [4.78, 5) is 11.8. The highest BCUT2D eigenvalue weighted by molar-refractivity contribution is 5.80. The van der Waals surface area contributed by atoms with Crippen LogP contribution in [-0.2, 0) is 9.53 Å². The second kappa shape index (κ2) is 5.70. The number of carbonyl (C=O) groups excluding carboxylic acids is 1. The Labute approximate surface area is 112 Å². The predicted molar refractivity (Wildman–Crippen MR) is 70.0 cm³/mol. The second-order valence-corrected chi connectivity index (χ2v) is 5.20. The van der Waals surface area contributed by atoms with Crippen LogP contribution in [0.1, 0.15) is 33.3 Å². The van der Waals surface area contributed by atoms with Gasteiger partial charge in [-0.2, -0.15) is 5.26 Å². The largest absolute Gasteiger partial charge is 0.458 e. The molecular formula is C14H17FN2O2. The molecule has 0 aromatic heterocycles. The molecule has 0 saturated heterocycles. The van der Waals surface area contributed by atoms with Gasteiger partial charge in [0.05, 0.1) is 11.3 Å². The normalized spacial score (nSPS) is 12.4. The van der Waals surface area contributed by atoms with E-state index in [2.05, 4.69) is 5.32 Å². The van der Waals surface area contributed by atoms with Crippen LogP contribution in [0.5, 0.6) is 0 Å². The third-order valence-electron chi connectivity index (χ3n) is 2.23. The maximum absolute atomic E-state index is 13.0. The molecule has 5 heteroatoms. The Bertz CT molecular complexity index is 515. The lowest BCUT2D eigenvalue weighted by Crippen LogP contribution is -2.34. The Balaban J connectivity index is 2.80. The average Bonchev–Trinajstić information content (AvgIpc) is 2.29. The first kappa shape index (κ1) is 15.0. The van der Waals surface area contributed by atoms with Crippen molar-refractivity contribution in [3.8, 4) is 6.07 Å². The highest BCUT2D eigenvalue weighted by atomic mass is 19.1. The van der Waals surface area contributed by atoms with Crippen molar-refractivity contribution in [1.82, 2.24) is 0 Å². The van der Waals surface area contributed by atoms with E-state index >= 15 is 0 Å². The molecule has 0 fully saturated rings. The van der Waals surface area contributed by atoms with Crippen molar-refractivity contribution < 1.29 is 13.9 Å². The number of benzene rings is 1. The van der Waals surface area contributed by atoms with Crippen LogP contribution in [0.3, 0.4) is 0 Å². The van der Waals surface area contributed by atoms with Crippen LogP contribution in [-0.4, -0.2) is 17.6 Å². The van der Waals surface area contributed by atoms with E-state index in [-0.39, 0.29) is 5.56 Å². The fraction of sp³-hybridized carbons (Fsp3) is 0.429. The highest BCUT2D eigenvalue weighted by Crippen LogP contribution is 2.18. The van der Waals surface area contributed by atoms with Crippen LogP contribution in [0, 0.1) is 17.1 Å². The van der Waals surface area contributed by atoms with E-state index in [1.807, 2.05) is 6.07 Å². The maximum Gasteiger partial charge on any atom is 0.328 e. The summed E-state index contributed by atoms with van der Waals surface area (Å²) in [5.74, 6) is -0.923. The molecule has 19 heavy (non-hydrogen) atoms. The topological polar surface area (TPSA) is 62.1 Å². The molecule has 0 spiro atoms. The molecule has 0 saturated carbocycles. The number of esters is 1. The van der Waals surface area contributed by atoms with Gasteiger partial charge in [0, 0.05) is 0 Å². The lowest BCUT2D eigenvalue weighted by Gasteiger charge is -2.23. The lowest BCUT2D eigenvalue weighted by atomic mass is 10.1. The Kier molecular flexibility index (Phi) is 4.49. The molecule has 0 aliphatic rings. The molecule has 0 aliphatic carbocycles. The van der Waals surface area contributed by atoms with Crippen LogP contribution in [0.25, 0.3) is 0 Å². The first-order valence-corrected chi connectivity index (χ1v) is 5.92. The Morgan fingerprint density at radius 1 is 1.47 bits per heavy atom. The standard InChI is InChI=1S/C14H17FN2O2/c1-9(13(18)19-14(2,3)4)17-12-6-5-11(15)7-10(12)8-16/h5-7,9,17H,1-4H3. The summed E-state index contributed by atoms with van der Waals surface area (Å²) in [5.41, 5.74) is -0.0221. The third-order valence-corrected chi connectivity index (χ3v) is 2.23. The van der Waals surface area contributed by atoms with Crippen molar-refractivity contribution in [1.29, 1.82) is 5.26 Å². The fourth-order valence-corrected chi connectivity index (χ4v) is 1.42. The summed E-state index contributed by atoms with van der Waals surface area (Å²) in [6.45, 7) is 6.95. The molecule has 4 nitrogen and oxygen atoms in total. The number of carbonyl (C=O) groups is 1. The van der Waals surface area contributed by atoms with Crippen LogP contribution in [0.15, 0.2) is 18.2 Å². The molecule has 1 unspecified atom stereocenters. The smallest absolute Gasteiger partial charge is 0.328 e. The monoisotopic (exact) mass is 264 g/mol. The SMILES string of the molecule is CC(Nc1ccc(F)cc1C#N)C(=O)OC(C)(C)C. The predicted octanol–water partition coefficient (Wildman–Crippen LogP) is 2.84. The zero-order valence-electron chi connectivity index (χ0n) is 11.5. The molecule has 0 aliphatic heterocycles. The molecule has 0 amide bonds. The summed E-state index contributed by atoms with van der Waals surface area (Å²) < 4.78 is 18.2. The van der Waals surface area contributed by atoms with E-state index in [0.29, 0.717) is 5.69 Å². The third kappa shape index (κ3) is 4.59. The molecule has 1 aromatic carbocycles. The van der Waals surface area contributed by atoms with Gasteiger partial charge in [0.2, 0.25) is 0 Å². The summed E-state index contributed by atoms with van der Waals surface area (Å²) in [5, 5.41) is 11.8. The van der Waals surface area contributed by atoms with Crippen molar-refractivity contribution in [2.24, 2.45) is 0 Å². The van der Waals surface area contributed by atoms with Crippen molar-refractivity contribution in [2.75, 3.05) is 5.32 Å². The number of rotatable bonds is 3. The number of nitrogens with zero attached hydrogens (tertiary/aromatic N) is 1. The number of nitriles is 1. The zero-order valence-corrected chi connectivity index (χ0v) is 11.5. The Morgan fingerprint density at radius 2 is 2.11 bits per heavy atom. The minimum atomic E-state index is -0.628. The van der Waals surface area contributed by atoms with Crippen molar-refractivity contribution >= 4 is 11.7 Å². The van der Waals surface area contributed by atoms with Crippen molar-refractivity contribution in [2.45, 2.75) is 39.3 Å². The van der Waals surface area contributed by atoms with Gasteiger partial charge >= 0.3 is 5.97 Å². The number of nitrogens with one attached hydrogen (secondary N) is 1. The van der Waals surface area contributed by atoms with Gasteiger partial charge in [-0.05, 0) is 45.9 Å². The van der Waals surface area contributed by atoms with Gasteiger partial charge in [-0.1, -0.05) is 0 Å². The number of hydrogen-bond acceptors (Lipinski definition) is 4. The molecule has 0 radical (unpaired) electrons. The number of hydrogen-bond donors (Lipinski definition) is 1. The van der Waals surface area contributed by atoms with E-state index in [4.69, 9.17) is 10.00 Å². The summed E-state index contributed by atoms with van der Waals surface area (Å²) in [7, 11) is 0. The molecule has 1 N–H and O–H groups in total. The zero-order chi connectivity index (χ0) is 14.6. The van der Waals surface area contributed by atoms with Gasteiger partial charge in [-0.25, -0.2) is 9.18 Å². The van der Waals surface area contributed by atoms with Gasteiger partial charge in [0.25, 0.3) is 0 Å². The molecule has 1 atom stereocenters. The van der Waals surface area contributed by atoms with Crippen molar-refractivity contribution in [3.05, 3.63) is 29.6 Å². The summed E-state index contributed by atoms with van der Waals surface area (Å²) in [6, 6.07) is 5.01. The van der Waals surface area contributed by atoms with E-state index in [1.165, 1.54) is 12.1 Å². The molecule has 102 valence electrons. The molecule has 0 bridgehead atoms. The summed E-state index contributed by atoms with van der Waals surface area (Å²) in [6.07, 6.45) is 0. The van der Waals surface area contributed by atoms with E-state index in [9.17, 15) is 9.18 Å². The van der Waals surface area contributed by atoms with Gasteiger partial charge in [-0.15, -0.1) is 0 Å². The van der Waals surface area contributed by atoms with Crippen LogP contribution < -0.4 is 5.32 Å². The Morgan fingerprint density at radius 3 is 2.63 bits per heavy atom. The van der Waals surface area contributed by atoms with Gasteiger partial charge in [-0.3, -0.25) is 0 Å². The molecule has 1 rings (SSSR count). The number of halogens is 1. The highest BCUT2D eigenvalue weighted by Gasteiger charge is 2.22. The van der Waals surface area contributed by atoms with Crippen LogP contribution in [0.4, 0.5) is 10.1 Å². The number of anilines is 1. The molecule has 1 aromatic rings. The molecule has 0 heterocycles. The minimum absolute atomic E-state index is 0.149. The second-order valence-electron chi connectivity index (χ2n) is 5.20.